The molecule has 2 heterocycles. The molecule has 1 fully saturated rings. The van der Waals surface area contributed by atoms with Gasteiger partial charge in [-0.3, -0.25) is 9.59 Å². The first kappa shape index (κ1) is 15.0. The highest BCUT2D eigenvalue weighted by Gasteiger charge is 2.39. The van der Waals surface area contributed by atoms with Crippen molar-refractivity contribution in [1.82, 2.24) is 4.98 Å². The lowest BCUT2D eigenvalue weighted by atomic mass is 9.98. The van der Waals surface area contributed by atoms with E-state index in [2.05, 4.69) is 4.98 Å². The fourth-order valence-electron chi connectivity index (χ4n) is 2.50. The van der Waals surface area contributed by atoms with E-state index >= 15 is 0 Å². The fraction of sp³-hybridized carbons (Fsp3) is 0.188. The number of rotatable bonds is 3. The number of imide groups is 1. The highest BCUT2D eigenvalue weighted by atomic mass is 35.5. The van der Waals surface area contributed by atoms with Crippen LogP contribution in [-0.4, -0.2) is 16.8 Å². The Hall–Kier alpha value is -1.91. The molecule has 112 valence electrons. The number of nitrogens with zero attached hydrogens (tertiary/aromatic N) is 2. The third-order valence-electron chi connectivity index (χ3n) is 3.58. The second kappa shape index (κ2) is 6.07. The quantitative estimate of drug-likeness (QED) is 0.807. The van der Waals surface area contributed by atoms with E-state index in [1.165, 1.54) is 6.20 Å². The summed E-state index contributed by atoms with van der Waals surface area (Å²) in [4.78, 5) is 29.8. The first-order valence-electron chi connectivity index (χ1n) is 6.77. The van der Waals surface area contributed by atoms with Crippen LogP contribution in [0.15, 0.2) is 42.6 Å². The Morgan fingerprint density at radius 1 is 1.05 bits per heavy atom. The van der Waals surface area contributed by atoms with Crippen molar-refractivity contribution in [2.75, 3.05) is 4.90 Å². The number of halogens is 2. The number of pyridine rings is 1. The molecule has 1 atom stereocenters. The van der Waals surface area contributed by atoms with E-state index in [4.69, 9.17) is 23.2 Å². The summed E-state index contributed by atoms with van der Waals surface area (Å²) in [6.45, 7) is 0. The summed E-state index contributed by atoms with van der Waals surface area (Å²) >= 11 is 11.6. The van der Waals surface area contributed by atoms with Crippen LogP contribution in [0.2, 0.25) is 10.0 Å². The van der Waals surface area contributed by atoms with Crippen molar-refractivity contribution in [2.24, 2.45) is 5.92 Å². The number of benzene rings is 1. The summed E-state index contributed by atoms with van der Waals surface area (Å²) in [6.07, 6.45) is 2.11. The zero-order chi connectivity index (χ0) is 15.7. The van der Waals surface area contributed by atoms with Crippen LogP contribution >= 0.6 is 23.2 Å². The van der Waals surface area contributed by atoms with Crippen molar-refractivity contribution in [3.63, 3.8) is 0 Å². The summed E-state index contributed by atoms with van der Waals surface area (Å²) in [6, 6.07) is 10.5. The number of anilines is 1. The molecule has 0 unspecified atom stereocenters. The van der Waals surface area contributed by atoms with E-state index in [0.29, 0.717) is 22.3 Å². The molecular formula is C16H12Cl2N2O2. The molecule has 6 heteroatoms. The number of aromatic nitrogens is 1. The largest absolute Gasteiger partial charge is 0.274 e. The van der Waals surface area contributed by atoms with Crippen LogP contribution in [-0.2, 0) is 16.0 Å². The molecule has 0 aliphatic carbocycles. The highest BCUT2D eigenvalue weighted by molar-refractivity contribution is 6.30. The number of hydrogen-bond donors (Lipinski definition) is 0. The lowest BCUT2D eigenvalue weighted by Crippen LogP contribution is -2.31. The normalized spacial score (nSPS) is 18.1. The number of carbonyl (C=O) groups is 2. The van der Waals surface area contributed by atoms with Crippen LogP contribution in [0.4, 0.5) is 5.82 Å². The summed E-state index contributed by atoms with van der Waals surface area (Å²) in [7, 11) is 0. The molecule has 1 aromatic heterocycles. The molecule has 0 N–H and O–H groups in total. The summed E-state index contributed by atoms with van der Waals surface area (Å²) in [5, 5.41) is 1.10. The van der Waals surface area contributed by atoms with Crippen molar-refractivity contribution >= 4 is 40.8 Å². The standard InChI is InChI=1S/C16H12Cl2N2O2/c17-12-3-1-10(2-4-12)7-11-8-15(21)20(16(11)22)14-6-5-13(18)9-19-14/h1-6,9,11H,7-8H2/t11-/m1/s1. The van der Waals surface area contributed by atoms with Crippen molar-refractivity contribution in [1.29, 1.82) is 0 Å². The van der Waals surface area contributed by atoms with Gasteiger partial charge in [-0.25, -0.2) is 9.88 Å². The number of hydrogen-bond acceptors (Lipinski definition) is 3. The van der Waals surface area contributed by atoms with Gasteiger partial charge in [-0.2, -0.15) is 0 Å². The van der Waals surface area contributed by atoms with E-state index in [1.54, 1.807) is 24.3 Å². The van der Waals surface area contributed by atoms with Crippen molar-refractivity contribution < 1.29 is 9.59 Å². The minimum absolute atomic E-state index is 0.186. The van der Waals surface area contributed by atoms with Crippen LogP contribution in [0.1, 0.15) is 12.0 Å². The van der Waals surface area contributed by atoms with Gasteiger partial charge in [0.1, 0.15) is 5.82 Å². The van der Waals surface area contributed by atoms with E-state index < -0.39 is 0 Å². The van der Waals surface area contributed by atoms with Gasteiger partial charge in [0.25, 0.3) is 0 Å². The first-order valence-corrected chi connectivity index (χ1v) is 7.53. The molecule has 1 aromatic carbocycles. The molecule has 0 bridgehead atoms. The smallest absolute Gasteiger partial charge is 0.238 e. The van der Waals surface area contributed by atoms with Crippen molar-refractivity contribution in [2.45, 2.75) is 12.8 Å². The van der Waals surface area contributed by atoms with Crippen LogP contribution in [0.25, 0.3) is 0 Å². The van der Waals surface area contributed by atoms with Crippen LogP contribution in [0, 0.1) is 5.92 Å². The Balaban J connectivity index is 1.79. The summed E-state index contributed by atoms with van der Waals surface area (Å²) < 4.78 is 0. The maximum atomic E-state index is 12.5. The maximum Gasteiger partial charge on any atom is 0.238 e. The lowest BCUT2D eigenvalue weighted by Gasteiger charge is -2.14. The zero-order valence-electron chi connectivity index (χ0n) is 11.5. The van der Waals surface area contributed by atoms with E-state index in [0.717, 1.165) is 10.5 Å². The summed E-state index contributed by atoms with van der Waals surface area (Å²) in [5.74, 6) is -0.516. The number of amides is 2. The van der Waals surface area contributed by atoms with E-state index in [1.807, 2.05) is 12.1 Å². The molecule has 3 rings (SSSR count). The molecule has 1 aliphatic rings. The first-order chi connectivity index (χ1) is 10.5. The van der Waals surface area contributed by atoms with Gasteiger partial charge in [-0.15, -0.1) is 0 Å². The maximum absolute atomic E-state index is 12.5. The van der Waals surface area contributed by atoms with Crippen molar-refractivity contribution in [3.05, 3.63) is 58.2 Å². The monoisotopic (exact) mass is 334 g/mol. The van der Waals surface area contributed by atoms with Gasteiger partial charge in [0.2, 0.25) is 11.8 Å². The molecule has 0 saturated carbocycles. The Morgan fingerprint density at radius 3 is 2.36 bits per heavy atom. The summed E-state index contributed by atoms with van der Waals surface area (Å²) in [5.41, 5.74) is 0.974. The van der Waals surface area contributed by atoms with Gasteiger partial charge < -0.3 is 0 Å². The molecule has 0 radical (unpaired) electrons. The van der Waals surface area contributed by atoms with Gasteiger partial charge in [0.05, 0.1) is 10.9 Å². The lowest BCUT2D eigenvalue weighted by molar-refractivity contribution is -0.122. The third-order valence-corrected chi connectivity index (χ3v) is 4.05. The van der Waals surface area contributed by atoms with Gasteiger partial charge in [-0.1, -0.05) is 35.3 Å². The van der Waals surface area contributed by atoms with Crippen LogP contribution in [0.3, 0.4) is 0 Å². The van der Waals surface area contributed by atoms with Crippen molar-refractivity contribution in [3.8, 4) is 0 Å². The Morgan fingerprint density at radius 2 is 1.73 bits per heavy atom. The minimum atomic E-state index is -0.369. The molecule has 2 aromatic rings. The van der Waals surface area contributed by atoms with Gasteiger partial charge in [0, 0.05) is 17.6 Å². The van der Waals surface area contributed by atoms with Gasteiger partial charge >= 0.3 is 0 Å². The topological polar surface area (TPSA) is 50.3 Å². The molecule has 2 amide bonds. The average Bonchev–Trinajstić information content (AvgIpc) is 2.77. The Labute approximate surface area is 137 Å². The molecule has 1 saturated heterocycles. The van der Waals surface area contributed by atoms with E-state index in [-0.39, 0.29) is 24.2 Å². The molecule has 22 heavy (non-hydrogen) atoms. The number of carbonyl (C=O) groups excluding carboxylic acids is 2. The molecular weight excluding hydrogens is 323 g/mol. The second-order valence-corrected chi connectivity index (χ2v) is 6.01. The Bertz CT molecular complexity index is 714. The fourth-order valence-corrected chi connectivity index (χ4v) is 2.74. The van der Waals surface area contributed by atoms with Crippen LogP contribution < -0.4 is 4.90 Å². The molecule has 0 spiro atoms. The minimum Gasteiger partial charge on any atom is -0.274 e. The van der Waals surface area contributed by atoms with E-state index in [9.17, 15) is 9.59 Å². The van der Waals surface area contributed by atoms with Gasteiger partial charge in [-0.05, 0) is 36.2 Å². The van der Waals surface area contributed by atoms with Gasteiger partial charge in [0.15, 0.2) is 0 Å². The predicted octanol–water partition coefficient (Wildman–Crippen LogP) is 3.51. The zero-order valence-corrected chi connectivity index (χ0v) is 13.0. The average molecular weight is 335 g/mol. The molecule has 1 aliphatic heterocycles. The SMILES string of the molecule is O=C1C[C@@H](Cc2ccc(Cl)cc2)C(=O)N1c1ccc(Cl)cn1. The third kappa shape index (κ3) is 2.98. The second-order valence-electron chi connectivity index (χ2n) is 5.13. The predicted molar refractivity (Wildman–Crippen MR) is 85.0 cm³/mol. The Kier molecular flexibility index (Phi) is 4.14. The molecule has 4 nitrogen and oxygen atoms in total. The highest BCUT2D eigenvalue weighted by Crippen LogP contribution is 2.28. The van der Waals surface area contributed by atoms with Crippen LogP contribution in [0.5, 0.6) is 0 Å².